The van der Waals surface area contributed by atoms with Crippen molar-refractivity contribution < 1.29 is 4.52 Å². The number of rotatable bonds is 4. The maximum absolute atomic E-state index is 5.96. The van der Waals surface area contributed by atoms with E-state index in [4.69, 9.17) is 16.1 Å². The van der Waals surface area contributed by atoms with Crippen LogP contribution in [0.1, 0.15) is 23.4 Å². The molecule has 1 aliphatic heterocycles. The lowest BCUT2D eigenvalue weighted by Crippen LogP contribution is -2.38. The van der Waals surface area contributed by atoms with Crippen molar-refractivity contribution in [3.63, 3.8) is 0 Å². The van der Waals surface area contributed by atoms with Crippen LogP contribution in [0.25, 0.3) is 11.4 Å². The number of hydrogen-bond donors (Lipinski definition) is 0. The molecule has 1 aromatic heterocycles. The van der Waals surface area contributed by atoms with Gasteiger partial charge in [-0.3, -0.25) is 9.80 Å². The van der Waals surface area contributed by atoms with E-state index in [0.29, 0.717) is 29.3 Å². The van der Waals surface area contributed by atoms with Crippen LogP contribution in [0.15, 0.2) is 53.1 Å². The Kier molecular flexibility index (Phi) is 5.36. The van der Waals surface area contributed by atoms with Crippen molar-refractivity contribution in [2.45, 2.75) is 31.8 Å². The third kappa shape index (κ3) is 4.22. The van der Waals surface area contributed by atoms with Crippen LogP contribution in [-0.4, -0.2) is 52.2 Å². The summed E-state index contributed by atoms with van der Waals surface area (Å²) in [4.78, 5) is 9.69. The van der Waals surface area contributed by atoms with Gasteiger partial charge in [-0.2, -0.15) is 4.98 Å². The monoisotopic (exact) mass is 408 g/mol. The van der Waals surface area contributed by atoms with Gasteiger partial charge in [0, 0.05) is 29.7 Å². The molecule has 2 heterocycles. The molecular formula is C23H25ClN4O. The number of fused-ring (bicyclic) bond motifs is 1. The largest absolute Gasteiger partial charge is 0.338 e. The van der Waals surface area contributed by atoms with Crippen LogP contribution in [0, 0.1) is 0 Å². The highest BCUT2D eigenvalue weighted by molar-refractivity contribution is 6.30. The molecule has 150 valence electrons. The van der Waals surface area contributed by atoms with Crippen molar-refractivity contribution in [3.05, 3.63) is 70.6 Å². The minimum absolute atomic E-state index is 0.622. The highest BCUT2D eigenvalue weighted by Crippen LogP contribution is 2.26. The summed E-state index contributed by atoms with van der Waals surface area (Å²) in [7, 11) is 0. The molecule has 0 N–H and O–H groups in total. The third-order valence-corrected chi connectivity index (χ3v) is 6.35. The van der Waals surface area contributed by atoms with Crippen LogP contribution < -0.4 is 0 Å². The molecule has 1 fully saturated rings. The fraction of sp³-hybridized carbons (Fsp3) is 0.391. The van der Waals surface area contributed by atoms with Crippen molar-refractivity contribution in [1.82, 2.24) is 19.9 Å². The SMILES string of the molecule is Clc1ccc(-c2noc(CN3CCCN(C4Cc5ccccc5C4)CC3)n2)cc1. The Balaban J connectivity index is 1.18. The average Bonchev–Trinajstić information content (AvgIpc) is 3.31. The second-order valence-electron chi connectivity index (χ2n) is 8.02. The van der Waals surface area contributed by atoms with Crippen molar-refractivity contribution in [1.29, 1.82) is 0 Å². The molecule has 0 bridgehead atoms. The summed E-state index contributed by atoms with van der Waals surface area (Å²) < 4.78 is 5.51. The predicted octanol–water partition coefficient (Wildman–Crippen LogP) is 4.07. The summed E-state index contributed by atoms with van der Waals surface area (Å²) in [5.41, 5.74) is 3.98. The zero-order valence-electron chi connectivity index (χ0n) is 16.4. The number of aromatic nitrogens is 2. The maximum Gasteiger partial charge on any atom is 0.241 e. The first-order valence-electron chi connectivity index (χ1n) is 10.4. The van der Waals surface area contributed by atoms with E-state index >= 15 is 0 Å². The standard InChI is InChI=1S/C23H25ClN4O/c24-20-8-6-17(7-9-20)23-25-22(29-26-23)16-27-10-3-11-28(13-12-27)21-14-18-4-1-2-5-19(18)15-21/h1-2,4-9,21H,3,10-16H2. The Morgan fingerprint density at radius 1 is 0.931 bits per heavy atom. The van der Waals surface area contributed by atoms with Gasteiger partial charge in [0.25, 0.3) is 0 Å². The van der Waals surface area contributed by atoms with Crippen LogP contribution in [0.2, 0.25) is 5.02 Å². The van der Waals surface area contributed by atoms with E-state index in [1.54, 1.807) is 0 Å². The minimum atomic E-state index is 0.622. The molecule has 3 aromatic rings. The molecule has 6 heteroatoms. The maximum atomic E-state index is 5.96. The van der Waals surface area contributed by atoms with Gasteiger partial charge < -0.3 is 4.52 Å². The van der Waals surface area contributed by atoms with Gasteiger partial charge in [-0.25, -0.2) is 0 Å². The van der Waals surface area contributed by atoms with E-state index in [1.807, 2.05) is 24.3 Å². The summed E-state index contributed by atoms with van der Waals surface area (Å²) in [6.45, 7) is 5.06. The van der Waals surface area contributed by atoms with Crippen molar-refractivity contribution >= 4 is 11.6 Å². The predicted molar refractivity (Wildman–Crippen MR) is 114 cm³/mol. The Morgan fingerprint density at radius 2 is 1.69 bits per heavy atom. The summed E-state index contributed by atoms with van der Waals surface area (Å²) >= 11 is 5.96. The number of benzene rings is 2. The lowest BCUT2D eigenvalue weighted by molar-refractivity contribution is 0.193. The second kappa shape index (κ2) is 8.27. The lowest BCUT2D eigenvalue weighted by atomic mass is 10.1. The third-order valence-electron chi connectivity index (χ3n) is 6.10. The Labute approximate surface area is 176 Å². The van der Waals surface area contributed by atoms with E-state index in [9.17, 15) is 0 Å². The first-order chi connectivity index (χ1) is 14.2. The Hall–Kier alpha value is -2.21. The molecule has 0 atom stereocenters. The summed E-state index contributed by atoms with van der Waals surface area (Å²) in [5, 5.41) is 4.85. The first-order valence-corrected chi connectivity index (χ1v) is 10.7. The fourth-order valence-corrected chi connectivity index (χ4v) is 4.66. The van der Waals surface area contributed by atoms with Gasteiger partial charge in [-0.1, -0.05) is 41.0 Å². The normalized spacial score (nSPS) is 18.7. The molecule has 5 nitrogen and oxygen atoms in total. The Morgan fingerprint density at radius 3 is 2.45 bits per heavy atom. The van der Waals surface area contributed by atoms with E-state index < -0.39 is 0 Å². The van der Waals surface area contributed by atoms with Crippen molar-refractivity contribution in [2.75, 3.05) is 26.2 Å². The second-order valence-corrected chi connectivity index (χ2v) is 8.45. The van der Waals surface area contributed by atoms with E-state index in [1.165, 1.54) is 30.4 Å². The highest BCUT2D eigenvalue weighted by atomic mass is 35.5. The van der Waals surface area contributed by atoms with Gasteiger partial charge in [0.1, 0.15) is 0 Å². The number of hydrogen-bond acceptors (Lipinski definition) is 5. The average molecular weight is 409 g/mol. The molecule has 29 heavy (non-hydrogen) atoms. The van der Waals surface area contributed by atoms with E-state index in [0.717, 1.165) is 31.7 Å². The van der Waals surface area contributed by atoms with Crippen LogP contribution in [-0.2, 0) is 19.4 Å². The molecule has 0 saturated carbocycles. The van der Waals surface area contributed by atoms with E-state index in [-0.39, 0.29) is 0 Å². The number of nitrogens with zero attached hydrogens (tertiary/aromatic N) is 4. The zero-order valence-corrected chi connectivity index (χ0v) is 17.2. The summed E-state index contributed by atoms with van der Waals surface area (Å²) in [5.74, 6) is 1.30. The first kappa shape index (κ1) is 18.8. The van der Waals surface area contributed by atoms with Crippen molar-refractivity contribution in [3.8, 4) is 11.4 Å². The molecule has 2 aliphatic rings. The van der Waals surface area contributed by atoms with Crippen LogP contribution in [0.3, 0.4) is 0 Å². The topological polar surface area (TPSA) is 45.4 Å². The number of halogens is 1. The van der Waals surface area contributed by atoms with Crippen LogP contribution >= 0.6 is 11.6 Å². The highest BCUT2D eigenvalue weighted by Gasteiger charge is 2.28. The smallest absolute Gasteiger partial charge is 0.241 e. The molecule has 0 unspecified atom stereocenters. The molecule has 1 aliphatic carbocycles. The molecule has 0 spiro atoms. The van der Waals surface area contributed by atoms with Gasteiger partial charge in [0.05, 0.1) is 6.54 Å². The molecule has 5 rings (SSSR count). The van der Waals surface area contributed by atoms with Gasteiger partial charge in [-0.15, -0.1) is 0 Å². The van der Waals surface area contributed by atoms with E-state index in [2.05, 4.69) is 44.2 Å². The molecule has 2 aromatic carbocycles. The fourth-order valence-electron chi connectivity index (χ4n) is 4.53. The molecule has 0 amide bonds. The lowest BCUT2D eigenvalue weighted by Gasteiger charge is -2.27. The summed E-state index contributed by atoms with van der Waals surface area (Å²) in [6.07, 6.45) is 3.54. The molecular weight excluding hydrogens is 384 g/mol. The van der Waals surface area contributed by atoms with Gasteiger partial charge in [0.2, 0.25) is 11.7 Å². The molecule has 0 radical (unpaired) electrons. The molecule has 1 saturated heterocycles. The minimum Gasteiger partial charge on any atom is -0.338 e. The van der Waals surface area contributed by atoms with Crippen LogP contribution in [0.4, 0.5) is 0 Å². The zero-order chi connectivity index (χ0) is 19.6. The van der Waals surface area contributed by atoms with Gasteiger partial charge in [-0.05, 0) is 67.7 Å². The van der Waals surface area contributed by atoms with Crippen molar-refractivity contribution in [2.24, 2.45) is 0 Å². The summed E-state index contributed by atoms with van der Waals surface area (Å²) in [6, 6.07) is 17.1. The van der Waals surface area contributed by atoms with Crippen LogP contribution in [0.5, 0.6) is 0 Å². The Bertz CT molecular complexity index is 946. The van der Waals surface area contributed by atoms with Gasteiger partial charge >= 0.3 is 0 Å². The quantitative estimate of drug-likeness (QED) is 0.651. The van der Waals surface area contributed by atoms with Gasteiger partial charge in [0.15, 0.2) is 0 Å².